The molecule has 0 radical (unpaired) electrons. The van der Waals surface area contributed by atoms with Gasteiger partial charge in [-0.2, -0.15) is 0 Å². The first-order valence-corrected chi connectivity index (χ1v) is 7.91. The molecule has 0 spiro atoms. The number of halogens is 3. The Bertz CT molecular complexity index is 814. The fraction of sp³-hybridized carbons (Fsp3) is 0.176. The molecule has 0 unspecified atom stereocenters. The fourth-order valence-electron chi connectivity index (χ4n) is 2.59. The predicted molar refractivity (Wildman–Crippen MR) is 90.7 cm³/mol. The van der Waals surface area contributed by atoms with Crippen molar-refractivity contribution in [2.24, 2.45) is 0 Å². The molecule has 1 aliphatic heterocycles. The van der Waals surface area contributed by atoms with Crippen LogP contribution >= 0.6 is 11.6 Å². The topological polar surface area (TPSA) is 61.4 Å². The van der Waals surface area contributed by atoms with Crippen LogP contribution in [-0.4, -0.2) is 24.5 Å². The van der Waals surface area contributed by atoms with Crippen molar-refractivity contribution < 1.29 is 18.4 Å². The van der Waals surface area contributed by atoms with Crippen LogP contribution in [0, 0.1) is 11.6 Å². The van der Waals surface area contributed by atoms with Crippen LogP contribution < -0.4 is 15.5 Å². The number of carbonyl (C=O) groups excluding carboxylic acids is 2. The zero-order valence-electron chi connectivity index (χ0n) is 12.9. The van der Waals surface area contributed by atoms with Crippen LogP contribution in [0.15, 0.2) is 42.5 Å². The number of nitrogens with one attached hydrogen (secondary N) is 2. The second-order valence-electron chi connectivity index (χ2n) is 5.53. The molecule has 0 aromatic heterocycles. The molecule has 3 amide bonds. The molecule has 3 rings (SSSR count). The van der Waals surface area contributed by atoms with Gasteiger partial charge in [-0.25, -0.2) is 13.6 Å². The van der Waals surface area contributed by atoms with Crippen molar-refractivity contribution in [3.8, 4) is 0 Å². The van der Waals surface area contributed by atoms with Gasteiger partial charge < -0.3 is 15.5 Å². The van der Waals surface area contributed by atoms with E-state index >= 15 is 0 Å². The number of benzene rings is 2. The molecule has 1 fully saturated rings. The molecule has 1 saturated heterocycles. The second-order valence-corrected chi connectivity index (χ2v) is 5.94. The van der Waals surface area contributed by atoms with E-state index < -0.39 is 17.9 Å². The van der Waals surface area contributed by atoms with Gasteiger partial charge in [0.05, 0.1) is 5.02 Å². The maximum absolute atomic E-state index is 13.1. The van der Waals surface area contributed by atoms with E-state index in [-0.39, 0.29) is 16.7 Å². The van der Waals surface area contributed by atoms with Crippen LogP contribution in [0.5, 0.6) is 0 Å². The Kier molecular flexibility index (Phi) is 4.85. The largest absolute Gasteiger partial charge is 0.326 e. The third-order valence-electron chi connectivity index (χ3n) is 3.83. The number of hydrogen-bond donors (Lipinski definition) is 2. The van der Waals surface area contributed by atoms with Gasteiger partial charge in [0.15, 0.2) is 0 Å². The van der Waals surface area contributed by atoms with Crippen LogP contribution in [0.4, 0.5) is 25.0 Å². The first kappa shape index (κ1) is 17.2. The number of urea groups is 1. The van der Waals surface area contributed by atoms with E-state index in [4.69, 9.17) is 11.6 Å². The standard InChI is InChI=1S/C17H14ClF2N3O2/c18-13-9-11(3-6-14(13)20)21-17(25)22-15-7-8-23(16(15)24)12-4-1-10(19)2-5-12/h1-6,9,15H,7-8H2,(H2,21,22,25)/t15-/m0/s1. The fourth-order valence-corrected chi connectivity index (χ4v) is 2.77. The number of carbonyl (C=O) groups is 2. The lowest BCUT2D eigenvalue weighted by Gasteiger charge is -2.17. The Morgan fingerprint density at radius 1 is 1.16 bits per heavy atom. The molecule has 2 N–H and O–H groups in total. The first-order chi connectivity index (χ1) is 11.9. The van der Waals surface area contributed by atoms with Crippen molar-refractivity contribution in [1.82, 2.24) is 5.32 Å². The Morgan fingerprint density at radius 3 is 2.56 bits per heavy atom. The van der Waals surface area contributed by atoms with E-state index in [1.165, 1.54) is 41.3 Å². The summed E-state index contributed by atoms with van der Waals surface area (Å²) >= 11 is 5.65. The van der Waals surface area contributed by atoms with Crippen LogP contribution in [-0.2, 0) is 4.79 Å². The van der Waals surface area contributed by atoms with Crippen LogP contribution in [0.2, 0.25) is 5.02 Å². The van der Waals surface area contributed by atoms with Gasteiger partial charge in [-0.1, -0.05) is 11.6 Å². The molecule has 2 aromatic carbocycles. The summed E-state index contributed by atoms with van der Waals surface area (Å²) in [4.78, 5) is 25.9. The highest BCUT2D eigenvalue weighted by Gasteiger charge is 2.33. The van der Waals surface area contributed by atoms with Gasteiger partial charge in [0.25, 0.3) is 0 Å². The normalized spacial score (nSPS) is 16.8. The van der Waals surface area contributed by atoms with Gasteiger partial charge in [-0.3, -0.25) is 4.79 Å². The smallest absolute Gasteiger partial charge is 0.319 e. The summed E-state index contributed by atoms with van der Waals surface area (Å²) in [5.41, 5.74) is 0.881. The van der Waals surface area contributed by atoms with Crippen molar-refractivity contribution in [2.45, 2.75) is 12.5 Å². The van der Waals surface area contributed by atoms with Gasteiger partial charge in [0, 0.05) is 17.9 Å². The lowest BCUT2D eigenvalue weighted by molar-refractivity contribution is -0.118. The molecule has 0 aliphatic carbocycles. The van der Waals surface area contributed by atoms with Crippen molar-refractivity contribution in [2.75, 3.05) is 16.8 Å². The van der Waals surface area contributed by atoms with Crippen molar-refractivity contribution in [1.29, 1.82) is 0 Å². The summed E-state index contributed by atoms with van der Waals surface area (Å²) in [6.45, 7) is 0.414. The molecule has 2 aromatic rings. The van der Waals surface area contributed by atoms with Gasteiger partial charge in [-0.15, -0.1) is 0 Å². The summed E-state index contributed by atoms with van der Waals surface area (Å²) in [5.74, 6) is -1.25. The minimum Gasteiger partial charge on any atom is -0.326 e. The number of nitrogens with zero attached hydrogens (tertiary/aromatic N) is 1. The third kappa shape index (κ3) is 3.88. The molecular weight excluding hydrogens is 352 g/mol. The highest BCUT2D eigenvalue weighted by atomic mass is 35.5. The number of rotatable bonds is 3. The summed E-state index contributed by atoms with van der Waals surface area (Å²) < 4.78 is 26.1. The van der Waals surface area contributed by atoms with E-state index in [0.29, 0.717) is 24.3 Å². The van der Waals surface area contributed by atoms with Crippen LogP contribution in [0.1, 0.15) is 6.42 Å². The van der Waals surface area contributed by atoms with E-state index in [9.17, 15) is 18.4 Å². The third-order valence-corrected chi connectivity index (χ3v) is 4.12. The van der Waals surface area contributed by atoms with Gasteiger partial charge in [0.1, 0.15) is 17.7 Å². The minimum atomic E-state index is -0.694. The maximum Gasteiger partial charge on any atom is 0.319 e. The highest BCUT2D eigenvalue weighted by molar-refractivity contribution is 6.31. The van der Waals surface area contributed by atoms with Crippen molar-refractivity contribution >= 4 is 34.9 Å². The predicted octanol–water partition coefficient (Wildman–Crippen LogP) is 3.55. The minimum absolute atomic E-state index is 0.114. The molecule has 1 heterocycles. The Balaban J connectivity index is 1.61. The number of anilines is 2. The molecule has 1 aliphatic rings. The Morgan fingerprint density at radius 2 is 1.88 bits per heavy atom. The van der Waals surface area contributed by atoms with Crippen molar-refractivity contribution in [3.63, 3.8) is 0 Å². The summed E-state index contributed by atoms with van der Waals surface area (Å²) in [6, 6.07) is 8.05. The Labute approximate surface area is 147 Å². The van der Waals surface area contributed by atoms with Gasteiger partial charge in [-0.05, 0) is 48.9 Å². The van der Waals surface area contributed by atoms with Gasteiger partial charge in [0.2, 0.25) is 5.91 Å². The zero-order valence-corrected chi connectivity index (χ0v) is 13.7. The quantitative estimate of drug-likeness (QED) is 0.873. The highest BCUT2D eigenvalue weighted by Crippen LogP contribution is 2.22. The molecule has 0 saturated carbocycles. The average molecular weight is 366 g/mol. The molecule has 1 atom stereocenters. The zero-order chi connectivity index (χ0) is 18.0. The summed E-state index contributed by atoms with van der Waals surface area (Å²) in [7, 11) is 0. The average Bonchev–Trinajstić information content (AvgIpc) is 2.93. The molecule has 5 nitrogen and oxygen atoms in total. The number of amides is 3. The van der Waals surface area contributed by atoms with Crippen LogP contribution in [0.3, 0.4) is 0 Å². The Hall–Kier alpha value is -2.67. The number of hydrogen-bond acceptors (Lipinski definition) is 2. The monoisotopic (exact) mass is 365 g/mol. The van der Waals surface area contributed by atoms with Gasteiger partial charge >= 0.3 is 6.03 Å². The molecule has 0 bridgehead atoms. The lowest BCUT2D eigenvalue weighted by atomic mass is 10.2. The SMILES string of the molecule is O=C(Nc1ccc(F)c(Cl)c1)N[C@H]1CCN(c2ccc(F)cc2)C1=O. The molecule has 8 heteroatoms. The van der Waals surface area contributed by atoms with E-state index in [1.54, 1.807) is 0 Å². The van der Waals surface area contributed by atoms with E-state index in [2.05, 4.69) is 10.6 Å². The molecule has 130 valence electrons. The molecule has 25 heavy (non-hydrogen) atoms. The first-order valence-electron chi connectivity index (χ1n) is 7.53. The lowest BCUT2D eigenvalue weighted by Crippen LogP contribution is -2.43. The maximum atomic E-state index is 13.1. The van der Waals surface area contributed by atoms with Crippen molar-refractivity contribution in [3.05, 3.63) is 59.1 Å². The summed E-state index contributed by atoms with van der Waals surface area (Å²) in [6.07, 6.45) is 0.424. The van der Waals surface area contributed by atoms with Crippen LogP contribution in [0.25, 0.3) is 0 Å². The second kappa shape index (κ2) is 7.06. The molecular formula is C17H14ClF2N3O2. The van der Waals surface area contributed by atoms with E-state index in [1.807, 2.05) is 0 Å². The van der Waals surface area contributed by atoms with E-state index in [0.717, 1.165) is 6.07 Å². The summed E-state index contributed by atoms with van der Waals surface area (Å²) in [5, 5.41) is 4.95.